The van der Waals surface area contributed by atoms with Crippen LogP contribution in [-0.2, 0) is 5.33 Å². The van der Waals surface area contributed by atoms with Crippen LogP contribution in [0, 0.1) is 0 Å². The highest BCUT2D eigenvalue weighted by molar-refractivity contribution is 9.08. The Morgan fingerprint density at radius 1 is 1.32 bits per heavy atom. The molecule has 1 unspecified atom stereocenters. The number of hydrogen-bond acceptors (Lipinski definition) is 2. The van der Waals surface area contributed by atoms with Crippen molar-refractivity contribution in [1.29, 1.82) is 0 Å². The molecule has 0 aliphatic carbocycles. The van der Waals surface area contributed by atoms with Crippen LogP contribution in [0.15, 0.2) is 24.3 Å². The lowest BCUT2D eigenvalue weighted by Crippen LogP contribution is -2.32. The van der Waals surface area contributed by atoms with E-state index in [-0.39, 0.29) is 5.91 Å². The van der Waals surface area contributed by atoms with Gasteiger partial charge in [0.25, 0.3) is 5.91 Å². The first-order valence-corrected chi connectivity index (χ1v) is 9.12. The van der Waals surface area contributed by atoms with E-state index in [1.807, 2.05) is 40.9 Å². The van der Waals surface area contributed by atoms with Gasteiger partial charge in [0.2, 0.25) is 0 Å². The molecule has 2 rings (SSSR count). The highest BCUT2D eigenvalue weighted by Gasteiger charge is 2.20. The van der Waals surface area contributed by atoms with Crippen molar-refractivity contribution in [3.63, 3.8) is 0 Å². The number of halogens is 1. The maximum absolute atomic E-state index is 12.5. The van der Waals surface area contributed by atoms with E-state index in [1.54, 1.807) is 0 Å². The number of hydrogen-bond donors (Lipinski definition) is 0. The van der Waals surface area contributed by atoms with Crippen molar-refractivity contribution in [3.05, 3.63) is 35.4 Å². The van der Waals surface area contributed by atoms with Gasteiger partial charge in [-0.25, -0.2) is 0 Å². The van der Waals surface area contributed by atoms with Crippen molar-refractivity contribution in [2.45, 2.75) is 29.8 Å². The third-order valence-corrected chi connectivity index (χ3v) is 5.44. The molecule has 1 aromatic rings. The van der Waals surface area contributed by atoms with Crippen LogP contribution < -0.4 is 0 Å². The Morgan fingerprint density at radius 2 is 2.05 bits per heavy atom. The van der Waals surface area contributed by atoms with Crippen LogP contribution in [-0.4, -0.2) is 35.4 Å². The maximum atomic E-state index is 12.5. The lowest BCUT2D eigenvalue weighted by molar-refractivity contribution is 0.0762. The zero-order valence-electron chi connectivity index (χ0n) is 11.3. The number of thioether (sulfide) groups is 1. The third kappa shape index (κ3) is 3.99. The fourth-order valence-corrected chi connectivity index (χ4v) is 3.54. The number of benzene rings is 1. The molecule has 1 atom stereocenters. The van der Waals surface area contributed by atoms with Crippen molar-refractivity contribution in [3.8, 4) is 0 Å². The molecule has 2 nitrogen and oxygen atoms in total. The summed E-state index contributed by atoms with van der Waals surface area (Å²) in [5.41, 5.74) is 2.02. The smallest absolute Gasteiger partial charge is 0.253 e. The van der Waals surface area contributed by atoms with E-state index < -0.39 is 0 Å². The van der Waals surface area contributed by atoms with E-state index in [0.717, 1.165) is 36.8 Å². The molecule has 1 fully saturated rings. The number of carbonyl (C=O) groups is 1. The van der Waals surface area contributed by atoms with Gasteiger partial charge >= 0.3 is 0 Å². The van der Waals surface area contributed by atoms with Crippen molar-refractivity contribution >= 4 is 33.6 Å². The molecule has 0 saturated carbocycles. The summed E-state index contributed by atoms with van der Waals surface area (Å²) < 4.78 is 0. The van der Waals surface area contributed by atoms with Gasteiger partial charge in [0.05, 0.1) is 0 Å². The van der Waals surface area contributed by atoms with E-state index in [0.29, 0.717) is 5.25 Å². The normalized spacial score (nSPS) is 20.1. The summed E-state index contributed by atoms with van der Waals surface area (Å²) in [7, 11) is 0. The minimum Gasteiger partial charge on any atom is -0.339 e. The van der Waals surface area contributed by atoms with Crippen molar-refractivity contribution < 1.29 is 4.79 Å². The number of carbonyl (C=O) groups excluding carboxylic acids is 1. The average Bonchev–Trinajstić information content (AvgIpc) is 2.72. The molecule has 1 aliphatic heterocycles. The highest BCUT2D eigenvalue weighted by Crippen LogP contribution is 2.22. The molecular formula is C15H20BrNOS. The Kier molecular flexibility index (Phi) is 5.76. The molecule has 0 aromatic heterocycles. The number of likely N-dealkylation sites (tertiary alicyclic amines) is 1. The van der Waals surface area contributed by atoms with Gasteiger partial charge in [0, 0.05) is 29.2 Å². The monoisotopic (exact) mass is 341 g/mol. The average molecular weight is 342 g/mol. The Labute approximate surface area is 128 Å². The fourth-order valence-electron chi connectivity index (χ4n) is 2.42. The van der Waals surface area contributed by atoms with E-state index in [4.69, 9.17) is 0 Å². The second kappa shape index (κ2) is 7.34. The standard InChI is InChI=1S/C15H20BrNOS/c1-19-14-3-2-9-17(10-8-14)15(18)13-6-4-12(11-16)5-7-13/h4-7,14H,2-3,8-11H2,1H3. The Bertz CT molecular complexity index is 421. The van der Waals surface area contributed by atoms with Gasteiger partial charge in [-0.05, 0) is 43.2 Å². The highest BCUT2D eigenvalue weighted by atomic mass is 79.9. The van der Waals surface area contributed by atoms with Gasteiger partial charge in [-0.15, -0.1) is 0 Å². The van der Waals surface area contributed by atoms with E-state index in [2.05, 4.69) is 22.2 Å². The quantitative estimate of drug-likeness (QED) is 0.776. The molecule has 0 bridgehead atoms. The lowest BCUT2D eigenvalue weighted by atomic mass is 10.1. The van der Waals surface area contributed by atoms with Gasteiger partial charge in [-0.1, -0.05) is 28.1 Å². The zero-order chi connectivity index (χ0) is 13.7. The summed E-state index contributed by atoms with van der Waals surface area (Å²) in [6.07, 6.45) is 5.64. The van der Waals surface area contributed by atoms with E-state index in [9.17, 15) is 4.79 Å². The Morgan fingerprint density at radius 3 is 2.68 bits per heavy atom. The van der Waals surface area contributed by atoms with Crippen molar-refractivity contribution in [1.82, 2.24) is 4.90 Å². The van der Waals surface area contributed by atoms with Crippen LogP contribution in [0.3, 0.4) is 0 Å². The maximum Gasteiger partial charge on any atom is 0.253 e. The summed E-state index contributed by atoms with van der Waals surface area (Å²) in [4.78, 5) is 14.5. The molecular weight excluding hydrogens is 322 g/mol. The molecule has 1 aromatic carbocycles. The van der Waals surface area contributed by atoms with Crippen LogP contribution in [0.25, 0.3) is 0 Å². The van der Waals surface area contributed by atoms with E-state index in [1.165, 1.54) is 12.0 Å². The minimum atomic E-state index is 0.183. The minimum absolute atomic E-state index is 0.183. The summed E-state index contributed by atoms with van der Waals surface area (Å²) in [6.45, 7) is 1.79. The molecule has 1 heterocycles. The second-order valence-electron chi connectivity index (χ2n) is 4.91. The van der Waals surface area contributed by atoms with Gasteiger partial charge in [0.15, 0.2) is 0 Å². The number of amides is 1. The number of nitrogens with zero attached hydrogens (tertiary/aromatic N) is 1. The van der Waals surface area contributed by atoms with Crippen LogP contribution in [0.5, 0.6) is 0 Å². The van der Waals surface area contributed by atoms with Gasteiger partial charge in [-0.3, -0.25) is 4.79 Å². The molecule has 0 radical (unpaired) electrons. The molecule has 0 spiro atoms. The summed E-state index contributed by atoms with van der Waals surface area (Å²) in [6, 6.07) is 7.92. The summed E-state index contributed by atoms with van der Waals surface area (Å²) in [5.74, 6) is 0.183. The molecule has 1 amide bonds. The number of alkyl halides is 1. The first-order valence-electron chi connectivity index (χ1n) is 6.71. The second-order valence-corrected chi connectivity index (χ2v) is 6.61. The van der Waals surface area contributed by atoms with Crippen LogP contribution >= 0.6 is 27.7 Å². The van der Waals surface area contributed by atoms with Crippen LogP contribution in [0.4, 0.5) is 0 Å². The lowest BCUT2D eigenvalue weighted by Gasteiger charge is -2.20. The summed E-state index contributed by atoms with van der Waals surface area (Å²) >= 11 is 5.35. The topological polar surface area (TPSA) is 20.3 Å². The summed E-state index contributed by atoms with van der Waals surface area (Å²) in [5, 5.41) is 1.55. The van der Waals surface area contributed by atoms with Gasteiger partial charge < -0.3 is 4.90 Å². The van der Waals surface area contributed by atoms with Gasteiger partial charge in [-0.2, -0.15) is 11.8 Å². The molecule has 0 N–H and O–H groups in total. The molecule has 1 saturated heterocycles. The molecule has 19 heavy (non-hydrogen) atoms. The van der Waals surface area contributed by atoms with Crippen molar-refractivity contribution in [2.24, 2.45) is 0 Å². The van der Waals surface area contributed by atoms with Crippen LogP contribution in [0.2, 0.25) is 0 Å². The largest absolute Gasteiger partial charge is 0.339 e. The van der Waals surface area contributed by atoms with E-state index >= 15 is 0 Å². The SMILES string of the molecule is CSC1CCCN(C(=O)c2ccc(CBr)cc2)CC1. The molecule has 1 aliphatic rings. The molecule has 4 heteroatoms. The Balaban J connectivity index is 2.01. The first kappa shape index (κ1) is 14.9. The fraction of sp³-hybridized carbons (Fsp3) is 0.533. The first-order chi connectivity index (χ1) is 9.24. The Hall–Kier alpha value is -0.480. The third-order valence-electron chi connectivity index (χ3n) is 3.65. The van der Waals surface area contributed by atoms with Crippen LogP contribution in [0.1, 0.15) is 35.2 Å². The molecule has 104 valence electrons. The predicted octanol–water partition coefficient (Wildman–Crippen LogP) is 3.94. The zero-order valence-corrected chi connectivity index (χ0v) is 13.7. The predicted molar refractivity (Wildman–Crippen MR) is 86.1 cm³/mol. The van der Waals surface area contributed by atoms with Crippen molar-refractivity contribution in [2.75, 3.05) is 19.3 Å². The number of rotatable bonds is 3. The van der Waals surface area contributed by atoms with Gasteiger partial charge in [0.1, 0.15) is 0 Å².